The number of hydrogen-bond acceptors (Lipinski definition) is 9. The van der Waals surface area contributed by atoms with E-state index in [0.29, 0.717) is 5.56 Å². The number of aliphatic hydroxyl groups excluding tert-OH is 2. The Bertz CT molecular complexity index is 1100. The number of amides is 3. The third kappa shape index (κ3) is 7.48. The van der Waals surface area contributed by atoms with Gasteiger partial charge in [0.05, 0.1) is 18.3 Å². The van der Waals surface area contributed by atoms with Crippen molar-refractivity contribution in [3.05, 3.63) is 53.1 Å². The van der Waals surface area contributed by atoms with Crippen molar-refractivity contribution < 1.29 is 43.6 Å². The van der Waals surface area contributed by atoms with Gasteiger partial charge in [-0.2, -0.15) is 0 Å². The summed E-state index contributed by atoms with van der Waals surface area (Å²) in [5.41, 5.74) is 1.07. The molecule has 0 bridgehead atoms. The number of carbonyl (C=O) groups is 4. The largest absolute Gasteiger partial charge is 0.456 e. The van der Waals surface area contributed by atoms with Gasteiger partial charge in [-0.25, -0.2) is 4.79 Å². The van der Waals surface area contributed by atoms with Crippen molar-refractivity contribution in [1.29, 1.82) is 0 Å². The first kappa shape index (κ1) is 29.0. The molecule has 3 amide bonds. The van der Waals surface area contributed by atoms with E-state index >= 15 is 0 Å². The Kier molecular flexibility index (Phi) is 10.1. The van der Waals surface area contributed by atoms with Crippen LogP contribution < -0.4 is 10.6 Å². The van der Waals surface area contributed by atoms with Gasteiger partial charge < -0.3 is 40.0 Å². The van der Waals surface area contributed by atoms with Gasteiger partial charge in [0.25, 0.3) is 0 Å². The summed E-state index contributed by atoms with van der Waals surface area (Å²) in [4.78, 5) is 51.5. The second-order valence-electron chi connectivity index (χ2n) is 9.12. The number of nitrogens with one attached hydrogen (secondary N) is 2. The number of esters is 1. The van der Waals surface area contributed by atoms with Crippen LogP contribution in [-0.4, -0.2) is 103 Å². The molecule has 0 spiro atoms. The van der Waals surface area contributed by atoms with Crippen LogP contribution in [0.2, 0.25) is 0 Å². The molecule has 12 nitrogen and oxygen atoms in total. The Morgan fingerprint density at radius 3 is 2.68 bits per heavy atom. The summed E-state index contributed by atoms with van der Waals surface area (Å²) in [6.45, 7) is 0.983. The zero-order valence-electron chi connectivity index (χ0n) is 21.5. The Labute approximate surface area is 220 Å². The van der Waals surface area contributed by atoms with Crippen molar-refractivity contribution in [2.24, 2.45) is 0 Å². The van der Waals surface area contributed by atoms with Crippen LogP contribution in [0.25, 0.3) is 6.08 Å². The molecule has 0 saturated carbocycles. The molecule has 5 atom stereocenters. The third-order valence-corrected chi connectivity index (χ3v) is 5.99. The van der Waals surface area contributed by atoms with E-state index in [9.17, 15) is 24.3 Å². The molecule has 3 rings (SSSR count). The minimum Gasteiger partial charge on any atom is -0.456 e. The van der Waals surface area contributed by atoms with Gasteiger partial charge in [-0.15, -0.1) is 0 Å². The lowest BCUT2D eigenvalue weighted by atomic mass is 9.91. The Morgan fingerprint density at radius 1 is 1.24 bits per heavy atom. The molecule has 12 heteroatoms. The quantitative estimate of drug-likeness (QED) is 0.227. The standard InChI is InChI=1S/C26H33N3O9/c1-15(31)22(25(34)27-9-10-30)28-24(33)18-12-19-23(37-14-36-19)20(13-18)38-26(35)17-6-4-5-16(11-17)7-8-21(32)29(2)3/h4-8,11-12,15,19-20,22-23,30-31H,9-10,13-14H2,1-3H3,(H,27,34)(H,28,33)/t15-,19+,20+,22+,23+/m0/s1. The molecule has 4 N–H and O–H groups in total. The molecule has 1 fully saturated rings. The predicted octanol–water partition coefficient (Wildman–Crippen LogP) is -0.641. The highest BCUT2D eigenvalue weighted by atomic mass is 16.7. The predicted molar refractivity (Wildman–Crippen MR) is 134 cm³/mol. The molecule has 0 aromatic heterocycles. The van der Waals surface area contributed by atoms with Crippen LogP contribution in [0.4, 0.5) is 0 Å². The lowest BCUT2D eigenvalue weighted by Crippen LogP contribution is -2.54. The van der Waals surface area contributed by atoms with Crippen molar-refractivity contribution in [2.75, 3.05) is 34.0 Å². The summed E-state index contributed by atoms with van der Waals surface area (Å²) in [5.74, 6) is -2.14. The Balaban J connectivity index is 1.71. The van der Waals surface area contributed by atoms with Crippen LogP contribution in [0.1, 0.15) is 29.3 Å². The van der Waals surface area contributed by atoms with Crippen LogP contribution in [0, 0.1) is 0 Å². The topological polar surface area (TPSA) is 164 Å². The van der Waals surface area contributed by atoms with Gasteiger partial charge in [0.15, 0.2) is 0 Å². The summed E-state index contributed by atoms with van der Waals surface area (Å²) in [6.07, 6.45) is 1.18. The minimum atomic E-state index is -1.26. The first-order chi connectivity index (χ1) is 18.1. The normalized spacial score (nSPS) is 22.1. The molecule has 206 valence electrons. The monoisotopic (exact) mass is 531 g/mol. The number of rotatable bonds is 10. The summed E-state index contributed by atoms with van der Waals surface area (Å²) < 4.78 is 16.8. The van der Waals surface area contributed by atoms with E-state index in [-0.39, 0.29) is 43.4 Å². The molecule has 2 aliphatic rings. The third-order valence-electron chi connectivity index (χ3n) is 5.99. The highest BCUT2D eigenvalue weighted by molar-refractivity contribution is 5.98. The second kappa shape index (κ2) is 13.3. The molecule has 1 aliphatic heterocycles. The van der Waals surface area contributed by atoms with E-state index in [1.54, 1.807) is 50.5 Å². The van der Waals surface area contributed by atoms with Gasteiger partial charge in [-0.05, 0) is 36.8 Å². The maximum absolute atomic E-state index is 13.0. The first-order valence-corrected chi connectivity index (χ1v) is 12.1. The number of nitrogens with zero attached hydrogens (tertiary/aromatic N) is 1. The lowest BCUT2D eigenvalue weighted by molar-refractivity contribution is -0.130. The Morgan fingerprint density at radius 2 is 2.00 bits per heavy atom. The zero-order chi connectivity index (χ0) is 27.8. The number of likely N-dealkylation sites (N-methyl/N-ethyl adjacent to an activating group) is 1. The molecule has 1 saturated heterocycles. The van der Waals surface area contributed by atoms with Gasteiger partial charge in [0.2, 0.25) is 17.7 Å². The van der Waals surface area contributed by atoms with Crippen LogP contribution in [0.15, 0.2) is 42.0 Å². The van der Waals surface area contributed by atoms with E-state index in [0.717, 1.165) is 0 Å². The summed E-state index contributed by atoms with van der Waals surface area (Å²) in [5, 5.41) is 23.8. The molecule has 1 aliphatic carbocycles. The zero-order valence-corrected chi connectivity index (χ0v) is 21.5. The molecule has 38 heavy (non-hydrogen) atoms. The van der Waals surface area contributed by atoms with E-state index in [2.05, 4.69) is 10.6 Å². The van der Waals surface area contributed by atoms with Crippen molar-refractivity contribution >= 4 is 29.8 Å². The molecular weight excluding hydrogens is 498 g/mol. The van der Waals surface area contributed by atoms with Crippen molar-refractivity contribution in [3.8, 4) is 0 Å². The molecule has 0 radical (unpaired) electrons. The molecular formula is C26H33N3O9. The minimum absolute atomic E-state index is 0.0101. The average Bonchev–Trinajstić information content (AvgIpc) is 3.37. The fraction of sp³-hybridized carbons (Fsp3) is 0.462. The number of carbonyl (C=O) groups excluding carboxylic acids is 4. The van der Waals surface area contributed by atoms with E-state index in [1.807, 2.05) is 0 Å². The van der Waals surface area contributed by atoms with Gasteiger partial charge in [-0.1, -0.05) is 12.1 Å². The van der Waals surface area contributed by atoms with Gasteiger partial charge in [0.1, 0.15) is 31.1 Å². The number of fused-ring (bicyclic) bond motifs is 1. The van der Waals surface area contributed by atoms with E-state index in [1.165, 1.54) is 17.9 Å². The van der Waals surface area contributed by atoms with Gasteiger partial charge in [0, 0.05) is 38.7 Å². The fourth-order valence-electron chi connectivity index (χ4n) is 3.94. The van der Waals surface area contributed by atoms with E-state index < -0.39 is 48.2 Å². The summed E-state index contributed by atoms with van der Waals surface area (Å²) >= 11 is 0. The van der Waals surface area contributed by atoms with Crippen molar-refractivity contribution in [1.82, 2.24) is 15.5 Å². The fourth-order valence-corrected chi connectivity index (χ4v) is 3.94. The molecule has 1 aromatic carbocycles. The number of hydrogen-bond donors (Lipinski definition) is 4. The highest BCUT2D eigenvalue weighted by Gasteiger charge is 2.43. The first-order valence-electron chi connectivity index (χ1n) is 12.1. The number of benzene rings is 1. The highest BCUT2D eigenvalue weighted by Crippen LogP contribution is 2.31. The number of ether oxygens (including phenoxy) is 3. The molecule has 0 unspecified atom stereocenters. The lowest BCUT2D eigenvalue weighted by Gasteiger charge is -2.31. The van der Waals surface area contributed by atoms with Crippen LogP contribution >= 0.6 is 0 Å². The Hall–Kier alpha value is -3.58. The molecule has 1 aromatic rings. The van der Waals surface area contributed by atoms with Gasteiger partial charge >= 0.3 is 5.97 Å². The maximum atomic E-state index is 13.0. The number of aliphatic hydroxyl groups is 2. The van der Waals surface area contributed by atoms with E-state index in [4.69, 9.17) is 19.3 Å². The second-order valence-corrected chi connectivity index (χ2v) is 9.12. The van der Waals surface area contributed by atoms with Crippen LogP contribution in [-0.2, 0) is 28.6 Å². The van der Waals surface area contributed by atoms with Gasteiger partial charge in [-0.3, -0.25) is 14.4 Å². The van der Waals surface area contributed by atoms with Crippen LogP contribution in [0.5, 0.6) is 0 Å². The van der Waals surface area contributed by atoms with Crippen molar-refractivity contribution in [2.45, 2.75) is 43.8 Å². The van der Waals surface area contributed by atoms with Crippen LogP contribution in [0.3, 0.4) is 0 Å². The molecule has 1 heterocycles. The average molecular weight is 532 g/mol. The summed E-state index contributed by atoms with van der Waals surface area (Å²) in [6, 6.07) is 5.29. The summed E-state index contributed by atoms with van der Waals surface area (Å²) in [7, 11) is 3.26. The maximum Gasteiger partial charge on any atom is 0.338 e. The SMILES string of the molecule is C[C@H](O)[C@@H](NC(=O)C1=C[C@H]2OCO[C@H]2[C@H](OC(=O)c2cccc(C=CC(=O)N(C)C)c2)C1)C(=O)NCCO. The smallest absolute Gasteiger partial charge is 0.338 e. The van der Waals surface area contributed by atoms with Crippen molar-refractivity contribution in [3.63, 3.8) is 0 Å².